The Bertz CT molecular complexity index is 3880. The first-order chi connectivity index (χ1) is 34.2. The van der Waals surface area contributed by atoms with Gasteiger partial charge in [-0.05, 0) is 132 Å². The zero-order chi connectivity index (χ0) is 45.5. The van der Waals surface area contributed by atoms with E-state index in [-0.39, 0.29) is 0 Å². The molecule has 2 aliphatic carbocycles. The molecular formula is C67H43NO. The third kappa shape index (κ3) is 5.99. The summed E-state index contributed by atoms with van der Waals surface area (Å²) < 4.78 is 6.71. The van der Waals surface area contributed by atoms with Gasteiger partial charge in [0.2, 0.25) is 0 Å². The molecule has 2 nitrogen and oxygen atoms in total. The highest BCUT2D eigenvalue weighted by Crippen LogP contribution is 2.63. The lowest BCUT2D eigenvalue weighted by molar-refractivity contribution is 0.670. The number of para-hydroxylation sites is 2. The van der Waals surface area contributed by atoms with E-state index < -0.39 is 5.41 Å². The summed E-state index contributed by atoms with van der Waals surface area (Å²) in [6.45, 7) is 0. The van der Waals surface area contributed by atoms with Crippen molar-refractivity contribution in [1.82, 2.24) is 0 Å². The summed E-state index contributed by atoms with van der Waals surface area (Å²) >= 11 is 0. The van der Waals surface area contributed by atoms with Gasteiger partial charge in [0.15, 0.2) is 0 Å². The van der Waals surface area contributed by atoms with Crippen molar-refractivity contribution in [2.24, 2.45) is 0 Å². The van der Waals surface area contributed by atoms with E-state index in [0.717, 1.165) is 61.3 Å². The zero-order valence-electron chi connectivity index (χ0n) is 37.7. The van der Waals surface area contributed by atoms with E-state index >= 15 is 0 Å². The van der Waals surface area contributed by atoms with Gasteiger partial charge in [-0.1, -0.05) is 212 Å². The molecule has 69 heavy (non-hydrogen) atoms. The van der Waals surface area contributed by atoms with Crippen LogP contribution >= 0.6 is 0 Å². The number of hydrogen-bond donors (Lipinski definition) is 0. The monoisotopic (exact) mass is 877 g/mol. The first kappa shape index (κ1) is 39.2. The molecule has 1 heterocycles. The Morgan fingerprint density at radius 3 is 1.35 bits per heavy atom. The summed E-state index contributed by atoms with van der Waals surface area (Å²) in [6, 6.07) is 95.4. The lowest BCUT2D eigenvalue weighted by Gasteiger charge is -2.30. The van der Waals surface area contributed by atoms with Crippen LogP contribution in [0.1, 0.15) is 22.3 Å². The number of anilines is 3. The lowest BCUT2D eigenvalue weighted by Crippen LogP contribution is -2.25. The van der Waals surface area contributed by atoms with Crippen molar-refractivity contribution in [3.05, 3.63) is 283 Å². The molecule has 0 amide bonds. The smallest absolute Gasteiger partial charge is 0.143 e. The van der Waals surface area contributed by atoms with Crippen molar-refractivity contribution in [3.63, 3.8) is 0 Å². The standard InChI is InChI=1S/C67H43NO/c1-3-16-44(17-4-1)45-30-35-49(36-31-45)68(51-39-41-52(47-18-5-2-6-19-47)60(43-51)59-25-15-24-58-57-23-10-14-29-65(57)69-66(58)59)50-37-32-46(33-38-50)48-34-40-56-55-22-9-13-28-63(55)67(64(56)42-48)61-26-11-7-20-53(61)54-21-8-12-27-62(54)67/h1-43H. The molecule has 0 radical (unpaired) electrons. The van der Waals surface area contributed by atoms with Crippen molar-refractivity contribution in [1.29, 1.82) is 0 Å². The van der Waals surface area contributed by atoms with Gasteiger partial charge in [-0.15, -0.1) is 0 Å². The second kappa shape index (κ2) is 15.6. The van der Waals surface area contributed by atoms with Gasteiger partial charge in [0.05, 0.1) is 5.41 Å². The molecule has 14 rings (SSSR count). The second-order valence-electron chi connectivity index (χ2n) is 18.3. The minimum absolute atomic E-state index is 0.395. The first-order valence-electron chi connectivity index (χ1n) is 23.8. The maximum Gasteiger partial charge on any atom is 0.143 e. The molecule has 0 atom stereocenters. The summed E-state index contributed by atoms with van der Waals surface area (Å²) in [6.07, 6.45) is 0. The van der Waals surface area contributed by atoms with Crippen molar-refractivity contribution in [3.8, 4) is 66.8 Å². The summed E-state index contributed by atoms with van der Waals surface area (Å²) in [5, 5.41) is 2.23. The fourth-order valence-electron chi connectivity index (χ4n) is 11.7. The van der Waals surface area contributed by atoms with Gasteiger partial charge in [-0.2, -0.15) is 0 Å². The van der Waals surface area contributed by atoms with Crippen LogP contribution < -0.4 is 4.90 Å². The van der Waals surface area contributed by atoms with Crippen LogP contribution in [-0.2, 0) is 5.41 Å². The van der Waals surface area contributed by atoms with Crippen LogP contribution in [0.25, 0.3) is 88.7 Å². The molecule has 2 heteroatoms. The normalized spacial score (nSPS) is 12.8. The third-order valence-electron chi connectivity index (χ3n) is 14.7. The van der Waals surface area contributed by atoms with Crippen LogP contribution in [0.15, 0.2) is 265 Å². The maximum atomic E-state index is 6.71. The highest BCUT2D eigenvalue weighted by Gasteiger charge is 2.51. The average molecular weight is 878 g/mol. The van der Waals surface area contributed by atoms with E-state index in [1.807, 2.05) is 6.07 Å². The molecule has 0 fully saturated rings. The number of fused-ring (bicyclic) bond motifs is 13. The predicted octanol–water partition coefficient (Wildman–Crippen LogP) is 18.1. The Balaban J connectivity index is 0.925. The molecule has 2 aliphatic rings. The topological polar surface area (TPSA) is 16.4 Å². The largest absolute Gasteiger partial charge is 0.455 e. The highest BCUT2D eigenvalue weighted by molar-refractivity contribution is 6.11. The van der Waals surface area contributed by atoms with E-state index in [2.05, 4.69) is 260 Å². The molecule has 12 aromatic rings. The second-order valence-corrected chi connectivity index (χ2v) is 18.3. The highest BCUT2D eigenvalue weighted by atomic mass is 16.3. The van der Waals surface area contributed by atoms with Gasteiger partial charge in [0.25, 0.3) is 0 Å². The number of hydrogen-bond acceptors (Lipinski definition) is 2. The van der Waals surface area contributed by atoms with Gasteiger partial charge < -0.3 is 9.32 Å². The Hall–Kier alpha value is -8.98. The lowest BCUT2D eigenvalue weighted by atomic mass is 9.70. The zero-order valence-corrected chi connectivity index (χ0v) is 37.7. The first-order valence-corrected chi connectivity index (χ1v) is 23.8. The summed E-state index contributed by atoms with van der Waals surface area (Å²) in [7, 11) is 0. The molecule has 0 aliphatic heterocycles. The molecule has 0 bridgehead atoms. The van der Waals surface area contributed by atoms with Gasteiger partial charge in [-0.25, -0.2) is 0 Å². The van der Waals surface area contributed by atoms with Crippen LogP contribution in [0.2, 0.25) is 0 Å². The van der Waals surface area contributed by atoms with Crippen LogP contribution in [0, 0.1) is 0 Å². The van der Waals surface area contributed by atoms with Gasteiger partial charge >= 0.3 is 0 Å². The van der Waals surface area contributed by atoms with Gasteiger partial charge in [-0.3, -0.25) is 0 Å². The van der Waals surface area contributed by atoms with Crippen LogP contribution in [0.4, 0.5) is 17.1 Å². The summed E-state index contributed by atoms with van der Waals surface area (Å²) in [5.74, 6) is 0. The minimum atomic E-state index is -0.395. The molecule has 11 aromatic carbocycles. The Labute approximate surface area is 401 Å². The average Bonchev–Trinajstić information content (AvgIpc) is 4.06. The van der Waals surface area contributed by atoms with E-state index in [9.17, 15) is 0 Å². The summed E-state index contributed by atoms with van der Waals surface area (Å²) in [4.78, 5) is 2.39. The Morgan fingerprint density at radius 1 is 0.261 bits per heavy atom. The van der Waals surface area contributed by atoms with E-state index in [1.165, 1.54) is 66.8 Å². The van der Waals surface area contributed by atoms with E-state index in [1.54, 1.807) is 0 Å². The van der Waals surface area contributed by atoms with Crippen molar-refractivity contribution in [2.75, 3.05) is 4.90 Å². The number of benzene rings is 11. The number of furan rings is 1. The molecule has 1 aromatic heterocycles. The molecule has 322 valence electrons. The number of nitrogens with zero attached hydrogens (tertiary/aromatic N) is 1. The van der Waals surface area contributed by atoms with Crippen LogP contribution in [-0.4, -0.2) is 0 Å². The summed E-state index contributed by atoms with van der Waals surface area (Å²) in [5.41, 5.74) is 24.4. The quantitative estimate of drug-likeness (QED) is 0.159. The van der Waals surface area contributed by atoms with Gasteiger partial charge in [0, 0.05) is 33.4 Å². The minimum Gasteiger partial charge on any atom is -0.455 e. The number of rotatable bonds is 7. The molecule has 0 N–H and O–H groups in total. The fourth-order valence-corrected chi connectivity index (χ4v) is 11.7. The third-order valence-corrected chi connectivity index (χ3v) is 14.7. The van der Waals surface area contributed by atoms with E-state index in [4.69, 9.17) is 4.42 Å². The Kier molecular flexibility index (Phi) is 8.84. The van der Waals surface area contributed by atoms with Gasteiger partial charge in [0.1, 0.15) is 11.2 Å². The predicted molar refractivity (Wildman–Crippen MR) is 286 cm³/mol. The molecule has 0 unspecified atom stereocenters. The maximum absolute atomic E-state index is 6.71. The van der Waals surface area contributed by atoms with Crippen molar-refractivity contribution < 1.29 is 4.42 Å². The van der Waals surface area contributed by atoms with Crippen molar-refractivity contribution in [2.45, 2.75) is 5.41 Å². The molecule has 1 spiro atoms. The molecule has 0 saturated carbocycles. The van der Waals surface area contributed by atoms with Crippen LogP contribution in [0.3, 0.4) is 0 Å². The molecule has 0 saturated heterocycles. The van der Waals surface area contributed by atoms with E-state index in [0.29, 0.717) is 0 Å². The fraction of sp³-hybridized carbons (Fsp3) is 0.0149. The van der Waals surface area contributed by atoms with Crippen molar-refractivity contribution >= 4 is 39.0 Å². The Morgan fingerprint density at radius 2 is 0.710 bits per heavy atom. The molecular weight excluding hydrogens is 835 g/mol. The SMILES string of the molecule is c1ccc(-c2ccc(N(c3ccc(-c4ccc5c(c4)C4(c6ccccc6-c6ccccc64)c4ccccc4-5)cc3)c3ccc(-c4ccccc4)c(-c4cccc5c4oc4ccccc45)c3)cc2)cc1. The van der Waals surface area contributed by atoms with Crippen LogP contribution in [0.5, 0.6) is 0 Å².